The van der Waals surface area contributed by atoms with Crippen molar-refractivity contribution in [2.24, 2.45) is 0 Å². The summed E-state index contributed by atoms with van der Waals surface area (Å²) < 4.78 is 1.94. The minimum absolute atomic E-state index is 0.00610. The van der Waals surface area contributed by atoms with E-state index in [-0.39, 0.29) is 5.91 Å². The van der Waals surface area contributed by atoms with Crippen LogP contribution in [0.1, 0.15) is 5.56 Å². The SMILES string of the molecule is O=C(CSc1nccn1-c1ccc(Cl)cc1)NCCc1ccccc1. The van der Waals surface area contributed by atoms with Gasteiger partial charge in [-0.1, -0.05) is 53.7 Å². The number of hydrogen-bond acceptors (Lipinski definition) is 3. The number of thioether (sulfide) groups is 1. The van der Waals surface area contributed by atoms with Crippen molar-refractivity contribution in [3.05, 3.63) is 77.6 Å². The molecule has 4 nitrogen and oxygen atoms in total. The van der Waals surface area contributed by atoms with Crippen LogP contribution in [-0.2, 0) is 11.2 Å². The second-order valence-electron chi connectivity index (χ2n) is 5.43. The van der Waals surface area contributed by atoms with Gasteiger partial charge in [-0.05, 0) is 36.2 Å². The van der Waals surface area contributed by atoms with Crippen molar-refractivity contribution in [1.29, 1.82) is 0 Å². The third kappa shape index (κ3) is 5.11. The van der Waals surface area contributed by atoms with Crippen molar-refractivity contribution < 1.29 is 4.79 Å². The number of nitrogens with one attached hydrogen (secondary N) is 1. The topological polar surface area (TPSA) is 46.9 Å². The first-order valence-corrected chi connectivity index (χ1v) is 9.31. The van der Waals surface area contributed by atoms with Gasteiger partial charge in [0.2, 0.25) is 5.91 Å². The fourth-order valence-electron chi connectivity index (χ4n) is 2.37. The van der Waals surface area contributed by atoms with Crippen molar-refractivity contribution in [2.45, 2.75) is 11.6 Å². The smallest absolute Gasteiger partial charge is 0.230 e. The summed E-state index contributed by atoms with van der Waals surface area (Å²) in [4.78, 5) is 16.4. The van der Waals surface area contributed by atoms with Gasteiger partial charge in [-0.2, -0.15) is 0 Å². The number of amides is 1. The monoisotopic (exact) mass is 371 g/mol. The van der Waals surface area contributed by atoms with Crippen LogP contribution in [0.3, 0.4) is 0 Å². The van der Waals surface area contributed by atoms with Crippen LogP contribution in [-0.4, -0.2) is 27.8 Å². The molecule has 0 aliphatic rings. The number of aromatic nitrogens is 2. The first kappa shape index (κ1) is 17.6. The largest absolute Gasteiger partial charge is 0.355 e. The summed E-state index contributed by atoms with van der Waals surface area (Å²) in [6.07, 6.45) is 4.43. The highest BCUT2D eigenvalue weighted by atomic mass is 35.5. The average molecular weight is 372 g/mol. The van der Waals surface area contributed by atoms with Crippen molar-refractivity contribution in [2.75, 3.05) is 12.3 Å². The van der Waals surface area contributed by atoms with Gasteiger partial charge in [0.05, 0.1) is 5.75 Å². The molecule has 0 radical (unpaired) electrons. The molecule has 3 rings (SSSR count). The Hall–Kier alpha value is -2.24. The number of imidazole rings is 1. The van der Waals surface area contributed by atoms with Crippen LogP contribution in [0.2, 0.25) is 5.02 Å². The standard InChI is InChI=1S/C19H18ClN3OS/c20-16-6-8-17(9-7-16)23-13-12-22-19(23)25-14-18(24)21-11-10-15-4-2-1-3-5-15/h1-9,12-13H,10-11,14H2,(H,21,24). The van der Waals surface area contributed by atoms with E-state index in [1.807, 2.05) is 53.2 Å². The van der Waals surface area contributed by atoms with Crippen LogP contribution < -0.4 is 5.32 Å². The summed E-state index contributed by atoms with van der Waals surface area (Å²) in [6.45, 7) is 0.634. The van der Waals surface area contributed by atoms with Crippen molar-refractivity contribution >= 4 is 29.3 Å². The fraction of sp³-hybridized carbons (Fsp3) is 0.158. The summed E-state index contributed by atoms with van der Waals surface area (Å²) in [7, 11) is 0. The summed E-state index contributed by atoms with van der Waals surface area (Å²) in [6, 6.07) is 17.6. The summed E-state index contributed by atoms with van der Waals surface area (Å²) >= 11 is 7.34. The number of halogens is 1. The van der Waals surface area contributed by atoms with Crippen LogP contribution in [0.4, 0.5) is 0 Å². The lowest BCUT2D eigenvalue weighted by Gasteiger charge is -2.08. The van der Waals surface area contributed by atoms with Crippen molar-refractivity contribution in [3.63, 3.8) is 0 Å². The number of rotatable bonds is 7. The highest BCUT2D eigenvalue weighted by molar-refractivity contribution is 7.99. The Balaban J connectivity index is 1.49. The molecule has 0 aliphatic heterocycles. The normalized spacial score (nSPS) is 10.6. The van der Waals surface area contributed by atoms with Gasteiger partial charge in [0.15, 0.2) is 5.16 Å². The Kier molecular flexibility index (Phi) is 6.14. The van der Waals surface area contributed by atoms with Gasteiger partial charge in [-0.15, -0.1) is 0 Å². The van der Waals surface area contributed by atoms with Gasteiger partial charge in [-0.25, -0.2) is 4.98 Å². The molecule has 0 spiro atoms. The maximum atomic E-state index is 12.0. The zero-order valence-electron chi connectivity index (χ0n) is 13.6. The molecule has 0 aliphatic carbocycles. The van der Waals surface area contributed by atoms with E-state index in [9.17, 15) is 4.79 Å². The van der Waals surface area contributed by atoms with Crippen LogP contribution in [0.25, 0.3) is 5.69 Å². The van der Waals surface area contributed by atoms with Crippen molar-refractivity contribution in [3.8, 4) is 5.69 Å². The van der Waals surface area contributed by atoms with E-state index in [1.54, 1.807) is 6.20 Å². The van der Waals surface area contributed by atoms with E-state index < -0.39 is 0 Å². The molecule has 0 atom stereocenters. The second-order valence-corrected chi connectivity index (χ2v) is 6.81. The Morgan fingerprint density at radius 2 is 1.88 bits per heavy atom. The second kappa shape index (κ2) is 8.74. The predicted molar refractivity (Wildman–Crippen MR) is 102 cm³/mol. The molecule has 1 amide bonds. The van der Waals surface area contributed by atoms with Gasteiger partial charge < -0.3 is 5.32 Å². The maximum absolute atomic E-state index is 12.0. The minimum Gasteiger partial charge on any atom is -0.355 e. The first-order valence-electron chi connectivity index (χ1n) is 7.95. The van der Waals surface area contributed by atoms with Gasteiger partial charge in [0, 0.05) is 29.6 Å². The van der Waals surface area contributed by atoms with Crippen molar-refractivity contribution in [1.82, 2.24) is 14.9 Å². The Morgan fingerprint density at radius 3 is 2.64 bits per heavy atom. The molecule has 1 N–H and O–H groups in total. The lowest BCUT2D eigenvalue weighted by atomic mass is 10.1. The number of benzene rings is 2. The van der Waals surface area contributed by atoms with Gasteiger partial charge in [0.25, 0.3) is 0 Å². The molecule has 1 aromatic heterocycles. The molecular formula is C19H18ClN3OS. The number of nitrogens with zero attached hydrogens (tertiary/aromatic N) is 2. The lowest BCUT2D eigenvalue weighted by Crippen LogP contribution is -2.27. The van der Waals surface area contributed by atoms with E-state index in [4.69, 9.17) is 11.6 Å². The molecule has 128 valence electrons. The third-order valence-electron chi connectivity index (χ3n) is 3.62. The molecule has 0 unspecified atom stereocenters. The molecule has 0 saturated heterocycles. The van der Waals surface area contributed by atoms with Gasteiger partial charge in [0.1, 0.15) is 0 Å². The molecule has 3 aromatic rings. The van der Waals surface area contributed by atoms with E-state index >= 15 is 0 Å². The van der Waals surface area contributed by atoms with Crippen LogP contribution >= 0.6 is 23.4 Å². The van der Waals surface area contributed by atoms with E-state index in [0.29, 0.717) is 17.3 Å². The molecule has 6 heteroatoms. The van der Waals surface area contributed by atoms with Crippen LogP contribution in [0.15, 0.2) is 72.1 Å². The number of hydrogen-bond donors (Lipinski definition) is 1. The van der Waals surface area contributed by atoms with E-state index in [1.165, 1.54) is 17.3 Å². The van der Waals surface area contributed by atoms with Crippen LogP contribution in [0.5, 0.6) is 0 Å². The fourth-order valence-corrected chi connectivity index (χ4v) is 3.30. The molecular weight excluding hydrogens is 354 g/mol. The van der Waals surface area contributed by atoms with Crippen LogP contribution in [0, 0.1) is 0 Å². The highest BCUT2D eigenvalue weighted by Crippen LogP contribution is 2.21. The number of carbonyl (C=O) groups excluding carboxylic acids is 1. The first-order chi connectivity index (χ1) is 12.2. The summed E-state index contributed by atoms with van der Waals surface area (Å²) in [5.41, 5.74) is 2.18. The van der Waals surface area contributed by atoms with Gasteiger partial charge >= 0.3 is 0 Å². The zero-order valence-corrected chi connectivity index (χ0v) is 15.1. The lowest BCUT2D eigenvalue weighted by molar-refractivity contribution is -0.118. The van der Waals surface area contributed by atoms with Gasteiger partial charge in [-0.3, -0.25) is 9.36 Å². The Bertz CT molecular complexity index is 818. The van der Waals surface area contributed by atoms with E-state index in [0.717, 1.165) is 17.3 Å². The van der Waals surface area contributed by atoms with E-state index in [2.05, 4.69) is 22.4 Å². The average Bonchev–Trinajstić information content (AvgIpc) is 3.10. The molecule has 2 aromatic carbocycles. The molecule has 0 bridgehead atoms. The summed E-state index contributed by atoms with van der Waals surface area (Å²) in [5, 5.41) is 4.41. The predicted octanol–water partition coefficient (Wildman–Crippen LogP) is 3.98. The minimum atomic E-state index is 0.00610. The number of carbonyl (C=O) groups is 1. The maximum Gasteiger partial charge on any atom is 0.230 e. The molecule has 25 heavy (non-hydrogen) atoms. The molecule has 0 fully saturated rings. The zero-order chi connectivity index (χ0) is 17.5. The summed E-state index contributed by atoms with van der Waals surface area (Å²) in [5.74, 6) is 0.339. The highest BCUT2D eigenvalue weighted by Gasteiger charge is 2.09. The molecule has 1 heterocycles. The quantitative estimate of drug-likeness (QED) is 0.639. The Morgan fingerprint density at radius 1 is 1.12 bits per heavy atom. The third-order valence-corrected chi connectivity index (χ3v) is 4.84. The Labute approximate surface area is 156 Å². The molecule has 0 saturated carbocycles.